The molecule has 0 saturated heterocycles. The van der Waals surface area contributed by atoms with Crippen molar-refractivity contribution < 1.29 is 45.4 Å². The van der Waals surface area contributed by atoms with Gasteiger partial charge in [-0.25, -0.2) is 9.59 Å². The Labute approximate surface area is 274 Å². The lowest BCUT2D eigenvalue weighted by Crippen LogP contribution is -2.17. The molecule has 0 saturated carbocycles. The zero-order chi connectivity index (χ0) is 34.9. The standard InChI is InChI=1S/C38H32F6O4/c1-3-35(45)47-21-9-13-25-11-5-7-15-29(25)27-17-19-28(20-18-27)31-23-33(37(39,40)41)34(38(42,43)44)24-32(31)30-16-8-6-12-26(30)14-10-22-48-36(46)4-2/h3-8,11-12,15-20,23-24H,1-2,9-10,13-14,21-22H2. The second-order valence-electron chi connectivity index (χ2n) is 10.8. The SMILES string of the molecule is C=CC(=O)OCCCc1ccccc1-c1ccc(-c2cc(C(F)(F)F)c(C(F)(F)F)cc2-c2ccccc2CCCOC(=O)C=C)cc1. The van der Waals surface area contributed by atoms with Crippen LogP contribution in [0.5, 0.6) is 0 Å². The Kier molecular flexibility index (Phi) is 11.6. The molecule has 0 unspecified atom stereocenters. The molecule has 0 aliphatic carbocycles. The zero-order valence-electron chi connectivity index (χ0n) is 25.8. The van der Waals surface area contributed by atoms with Gasteiger partial charge in [0.05, 0.1) is 24.3 Å². The summed E-state index contributed by atoms with van der Waals surface area (Å²) in [4.78, 5) is 22.8. The summed E-state index contributed by atoms with van der Waals surface area (Å²) in [5.74, 6) is -1.14. The average Bonchev–Trinajstić information content (AvgIpc) is 3.07. The molecular formula is C38H32F6O4. The first-order valence-corrected chi connectivity index (χ1v) is 15.0. The van der Waals surface area contributed by atoms with E-state index in [0.717, 1.165) is 28.8 Å². The maximum Gasteiger partial charge on any atom is 0.417 e. The third-order valence-electron chi connectivity index (χ3n) is 7.60. The van der Waals surface area contributed by atoms with Gasteiger partial charge in [0, 0.05) is 12.2 Å². The average molecular weight is 667 g/mol. The van der Waals surface area contributed by atoms with E-state index in [0.29, 0.717) is 42.5 Å². The minimum atomic E-state index is -5.27. The van der Waals surface area contributed by atoms with Crippen molar-refractivity contribution in [1.82, 2.24) is 0 Å². The van der Waals surface area contributed by atoms with Crippen molar-refractivity contribution in [2.75, 3.05) is 13.2 Å². The van der Waals surface area contributed by atoms with Crippen LogP contribution in [-0.2, 0) is 44.3 Å². The number of alkyl halides is 6. The molecule has 0 spiro atoms. The monoisotopic (exact) mass is 666 g/mol. The highest BCUT2D eigenvalue weighted by Crippen LogP contribution is 2.46. The summed E-state index contributed by atoms with van der Waals surface area (Å²) < 4.78 is 94.8. The smallest absolute Gasteiger partial charge is 0.417 e. The van der Waals surface area contributed by atoms with E-state index in [-0.39, 0.29) is 36.3 Å². The van der Waals surface area contributed by atoms with Gasteiger partial charge in [-0.1, -0.05) is 86.0 Å². The summed E-state index contributed by atoms with van der Waals surface area (Å²) in [5.41, 5.74) is 0.127. The van der Waals surface area contributed by atoms with Gasteiger partial charge in [-0.15, -0.1) is 0 Å². The second kappa shape index (κ2) is 15.6. The number of ether oxygens (including phenoxy) is 2. The van der Waals surface area contributed by atoms with Gasteiger partial charge in [0.15, 0.2) is 0 Å². The Hall–Kier alpha value is -5.12. The van der Waals surface area contributed by atoms with E-state index in [1.54, 1.807) is 48.5 Å². The minimum Gasteiger partial charge on any atom is -0.463 e. The molecule has 4 rings (SSSR count). The molecule has 0 aromatic heterocycles. The van der Waals surface area contributed by atoms with Crippen molar-refractivity contribution in [1.29, 1.82) is 0 Å². The van der Waals surface area contributed by atoms with E-state index < -0.39 is 35.4 Å². The number of rotatable bonds is 13. The Morgan fingerprint density at radius 1 is 0.562 bits per heavy atom. The molecule has 250 valence electrons. The summed E-state index contributed by atoms with van der Waals surface area (Å²) in [5, 5.41) is 0. The van der Waals surface area contributed by atoms with Crippen LogP contribution in [0.4, 0.5) is 26.3 Å². The van der Waals surface area contributed by atoms with Crippen LogP contribution < -0.4 is 0 Å². The fraction of sp³-hybridized carbons (Fsp3) is 0.211. The van der Waals surface area contributed by atoms with E-state index in [9.17, 15) is 35.9 Å². The highest BCUT2D eigenvalue weighted by atomic mass is 19.4. The van der Waals surface area contributed by atoms with Crippen molar-refractivity contribution in [3.8, 4) is 33.4 Å². The number of hydrogen-bond donors (Lipinski definition) is 0. The number of esters is 2. The molecule has 0 atom stereocenters. The quantitative estimate of drug-likeness (QED) is 0.0617. The summed E-state index contributed by atoms with van der Waals surface area (Å²) in [7, 11) is 0. The Balaban J connectivity index is 1.77. The summed E-state index contributed by atoms with van der Waals surface area (Å²) in [6.07, 6.45) is -6.74. The number of hydrogen-bond acceptors (Lipinski definition) is 4. The zero-order valence-corrected chi connectivity index (χ0v) is 25.8. The molecular weight excluding hydrogens is 634 g/mol. The van der Waals surface area contributed by atoms with Gasteiger partial charge < -0.3 is 9.47 Å². The van der Waals surface area contributed by atoms with Gasteiger partial charge in [-0.05, 0) is 82.3 Å². The molecule has 0 radical (unpaired) electrons. The van der Waals surface area contributed by atoms with Crippen LogP contribution in [0.25, 0.3) is 33.4 Å². The molecule has 4 aromatic carbocycles. The predicted molar refractivity (Wildman–Crippen MR) is 172 cm³/mol. The molecule has 0 amide bonds. The van der Waals surface area contributed by atoms with Crippen molar-refractivity contribution in [3.63, 3.8) is 0 Å². The highest BCUT2D eigenvalue weighted by Gasteiger charge is 2.44. The largest absolute Gasteiger partial charge is 0.463 e. The summed E-state index contributed by atoms with van der Waals surface area (Å²) in [6.45, 7) is 6.91. The van der Waals surface area contributed by atoms with Crippen molar-refractivity contribution in [2.45, 2.75) is 38.0 Å². The van der Waals surface area contributed by atoms with E-state index in [1.807, 2.05) is 24.3 Å². The molecule has 0 aliphatic rings. The first-order valence-electron chi connectivity index (χ1n) is 15.0. The second-order valence-corrected chi connectivity index (χ2v) is 10.8. The third kappa shape index (κ3) is 9.02. The molecule has 0 N–H and O–H groups in total. The van der Waals surface area contributed by atoms with E-state index in [2.05, 4.69) is 13.2 Å². The maximum absolute atomic E-state index is 14.1. The van der Waals surface area contributed by atoms with Gasteiger partial charge >= 0.3 is 24.3 Å². The van der Waals surface area contributed by atoms with E-state index in [1.165, 1.54) is 0 Å². The Morgan fingerprint density at radius 2 is 0.958 bits per heavy atom. The lowest BCUT2D eigenvalue weighted by atomic mass is 9.86. The normalized spacial score (nSPS) is 11.5. The minimum absolute atomic E-state index is 0.0174. The molecule has 0 heterocycles. The van der Waals surface area contributed by atoms with Crippen LogP contribution in [0.15, 0.2) is 110 Å². The van der Waals surface area contributed by atoms with Crippen LogP contribution in [0, 0.1) is 0 Å². The van der Waals surface area contributed by atoms with Crippen LogP contribution in [0.3, 0.4) is 0 Å². The first-order chi connectivity index (χ1) is 22.8. The molecule has 0 fully saturated rings. The fourth-order valence-electron chi connectivity index (χ4n) is 5.37. The predicted octanol–water partition coefficient (Wildman–Crippen LogP) is 10.0. The van der Waals surface area contributed by atoms with Gasteiger partial charge in [0.1, 0.15) is 0 Å². The third-order valence-corrected chi connectivity index (χ3v) is 7.60. The van der Waals surface area contributed by atoms with Crippen molar-refractivity contribution in [2.24, 2.45) is 0 Å². The van der Waals surface area contributed by atoms with Gasteiger partial charge in [-0.2, -0.15) is 26.3 Å². The Morgan fingerprint density at radius 3 is 1.42 bits per heavy atom. The molecule has 0 bridgehead atoms. The molecule has 48 heavy (non-hydrogen) atoms. The lowest BCUT2D eigenvalue weighted by Gasteiger charge is -2.22. The molecule has 10 heteroatoms. The molecule has 0 aliphatic heterocycles. The van der Waals surface area contributed by atoms with E-state index in [4.69, 9.17) is 9.47 Å². The molecule has 4 aromatic rings. The van der Waals surface area contributed by atoms with Gasteiger partial charge in [-0.3, -0.25) is 0 Å². The number of carbonyl (C=O) groups excluding carboxylic acids is 2. The molecule has 4 nitrogen and oxygen atoms in total. The van der Waals surface area contributed by atoms with Gasteiger partial charge in [0.25, 0.3) is 0 Å². The first kappa shape index (κ1) is 35.7. The van der Waals surface area contributed by atoms with Crippen LogP contribution in [0.2, 0.25) is 0 Å². The maximum atomic E-state index is 14.1. The van der Waals surface area contributed by atoms with Crippen LogP contribution in [0.1, 0.15) is 35.1 Å². The lowest BCUT2D eigenvalue weighted by molar-refractivity contribution is -0.162. The van der Waals surface area contributed by atoms with E-state index >= 15 is 0 Å². The number of halogens is 6. The van der Waals surface area contributed by atoms with Crippen LogP contribution in [-0.4, -0.2) is 25.2 Å². The fourth-order valence-corrected chi connectivity index (χ4v) is 5.37. The van der Waals surface area contributed by atoms with Gasteiger partial charge in [0.2, 0.25) is 0 Å². The van der Waals surface area contributed by atoms with Crippen LogP contribution >= 0.6 is 0 Å². The van der Waals surface area contributed by atoms with Crippen molar-refractivity contribution >= 4 is 11.9 Å². The highest BCUT2D eigenvalue weighted by molar-refractivity contribution is 5.87. The topological polar surface area (TPSA) is 52.6 Å². The number of carbonyl (C=O) groups is 2. The summed E-state index contributed by atoms with van der Waals surface area (Å²) in [6, 6.07) is 21.7. The summed E-state index contributed by atoms with van der Waals surface area (Å²) >= 11 is 0. The van der Waals surface area contributed by atoms with Crippen molar-refractivity contribution in [3.05, 3.63) is 132 Å². The Bertz CT molecular complexity index is 1770. The number of benzene rings is 4. The number of aryl methyl sites for hydroxylation is 2.